The molecule has 0 fully saturated rings. The number of nitrogens with two attached hydrogens (primary N) is 1. The number of esters is 1. The molecule has 2 N–H and O–H groups in total. The smallest absolute Gasteiger partial charge is 0.353 e. The van der Waals surface area contributed by atoms with Gasteiger partial charge < -0.3 is 10.5 Å². The average molecular weight is 294 g/mol. The first-order chi connectivity index (χ1) is 9.69. The van der Waals surface area contributed by atoms with Crippen LogP contribution in [0.3, 0.4) is 0 Å². The molecule has 21 heavy (non-hydrogen) atoms. The van der Waals surface area contributed by atoms with Gasteiger partial charge in [0.05, 0.1) is 0 Å². The Bertz CT molecular complexity index is 769. The van der Waals surface area contributed by atoms with Crippen LogP contribution >= 0.6 is 0 Å². The van der Waals surface area contributed by atoms with Crippen molar-refractivity contribution in [3.63, 3.8) is 0 Å². The molecule has 0 spiro atoms. The van der Waals surface area contributed by atoms with Crippen molar-refractivity contribution in [3.05, 3.63) is 22.5 Å². The Morgan fingerprint density at radius 1 is 1.38 bits per heavy atom. The fourth-order valence-corrected chi connectivity index (χ4v) is 1.61. The van der Waals surface area contributed by atoms with Crippen LogP contribution in [0.1, 0.15) is 31.3 Å². The van der Waals surface area contributed by atoms with Gasteiger partial charge in [-0.3, -0.25) is 9.59 Å². The zero-order valence-corrected chi connectivity index (χ0v) is 11.7. The lowest BCUT2D eigenvalue weighted by molar-refractivity contribution is -0.155. The van der Waals surface area contributed by atoms with Gasteiger partial charge in [0.2, 0.25) is 0 Å². The van der Waals surface area contributed by atoms with Gasteiger partial charge in [0.1, 0.15) is 18.5 Å². The normalized spacial score (nSPS) is 11.6. The third kappa shape index (κ3) is 3.04. The highest BCUT2D eigenvalue weighted by Crippen LogP contribution is 2.07. The Balaban J connectivity index is 2.35. The minimum Gasteiger partial charge on any atom is -0.459 e. The minimum absolute atomic E-state index is 0.0621. The summed E-state index contributed by atoms with van der Waals surface area (Å²) in [6.45, 7) is 4.72. The van der Waals surface area contributed by atoms with E-state index in [0.717, 1.165) is 15.4 Å². The third-order valence-corrected chi connectivity index (χ3v) is 2.35. The molecule has 2 heterocycles. The second kappa shape index (κ2) is 4.96. The lowest BCUT2D eigenvalue weighted by atomic mass is 10.2. The van der Waals surface area contributed by atoms with E-state index in [0.29, 0.717) is 0 Å². The molecule has 0 radical (unpaired) electrons. The van der Waals surface area contributed by atoms with E-state index in [1.807, 2.05) is 0 Å². The van der Waals surface area contributed by atoms with Gasteiger partial charge in [0, 0.05) is 0 Å². The van der Waals surface area contributed by atoms with E-state index in [-0.39, 0.29) is 11.3 Å². The van der Waals surface area contributed by atoms with E-state index in [1.165, 1.54) is 0 Å². The molecule has 1 amide bonds. The van der Waals surface area contributed by atoms with E-state index in [1.54, 1.807) is 20.8 Å². The summed E-state index contributed by atoms with van der Waals surface area (Å²) in [5.41, 5.74) is 3.52. The summed E-state index contributed by atoms with van der Waals surface area (Å²) in [6, 6.07) is 0. The molecule has 0 saturated heterocycles. The zero-order valence-electron chi connectivity index (χ0n) is 11.7. The number of amides is 1. The van der Waals surface area contributed by atoms with Crippen molar-refractivity contribution >= 4 is 17.5 Å². The summed E-state index contributed by atoms with van der Waals surface area (Å²) in [5.74, 6) is -1.45. The van der Waals surface area contributed by atoms with Crippen molar-refractivity contribution in [2.75, 3.05) is 0 Å². The van der Waals surface area contributed by atoms with Crippen LogP contribution in [0.5, 0.6) is 0 Å². The Kier molecular flexibility index (Phi) is 3.45. The SMILES string of the molecule is CC(C)(C)OC(=O)Cn1nnc2c(C(N)=O)ncn2c1=O. The van der Waals surface area contributed by atoms with E-state index in [4.69, 9.17) is 10.5 Å². The molecule has 0 aliphatic heterocycles. The largest absolute Gasteiger partial charge is 0.459 e. The number of fused-ring (bicyclic) bond motifs is 1. The molecule has 2 aromatic rings. The van der Waals surface area contributed by atoms with E-state index in [9.17, 15) is 14.4 Å². The van der Waals surface area contributed by atoms with Crippen LogP contribution in [-0.2, 0) is 16.1 Å². The number of hydrogen-bond acceptors (Lipinski definition) is 7. The quantitative estimate of drug-likeness (QED) is 0.697. The second-order valence-corrected chi connectivity index (χ2v) is 5.27. The summed E-state index contributed by atoms with van der Waals surface area (Å²) in [4.78, 5) is 38.6. The molecule has 0 aliphatic carbocycles. The van der Waals surface area contributed by atoms with Gasteiger partial charge in [0.25, 0.3) is 5.91 Å². The van der Waals surface area contributed by atoms with Crippen LogP contribution in [0.2, 0.25) is 0 Å². The molecule has 2 rings (SSSR count). The van der Waals surface area contributed by atoms with Crippen molar-refractivity contribution < 1.29 is 14.3 Å². The van der Waals surface area contributed by atoms with Crippen LogP contribution in [0.15, 0.2) is 11.1 Å². The summed E-state index contributed by atoms with van der Waals surface area (Å²) in [7, 11) is 0. The third-order valence-electron chi connectivity index (χ3n) is 2.35. The number of aromatic nitrogens is 5. The number of rotatable bonds is 3. The Hall–Kier alpha value is -2.78. The number of carbonyl (C=O) groups excluding carboxylic acids is 2. The lowest BCUT2D eigenvalue weighted by Crippen LogP contribution is -2.35. The fourth-order valence-electron chi connectivity index (χ4n) is 1.61. The molecule has 10 nitrogen and oxygen atoms in total. The predicted molar refractivity (Wildman–Crippen MR) is 69.4 cm³/mol. The minimum atomic E-state index is -0.823. The maximum absolute atomic E-state index is 12.1. The standard InChI is InChI=1S/C11H14N6O4/c1-11(2,3)21-6(18)4-17-10(20)16-5-13-7(8(12)19)9(16)14-15-17/h5H,4H2,1-3H3,(H2,12,19). The van der Waals surface area contributed by atoms with E-state index in [2.05, 4.69) is 15.3 Å². The fraction of sp³-hybridized carbons (Fsp3) is 0.455. The number of nitrogens with zero attached hydrogens (tertiary/aromatic N) is 5. The molecule has 10 heteroatoms. The molecule has 112 valence electrons. The van der Waals surface area contributed by atoms with Crippen molar-refractivity contribution in [1.82, 2.24) is 24.4 Å². The summed E-state index contributed by atoms with van der Waals surface area (Å²) >= 11 is 0. The van der Waals surface area contributed by atoms with Crippen molar-refractivity contribution in [3.8, 4) is 0 Å². The highest BCUT2D eigenvalue weighted by atomic mass is 16.6. The Labute approximate surface area is 118 Å². The maximum atomic E-state index is 12.1. The predicted octanol–water partition coefficient (Wildman–Crippen LogP) is -1.27. The first kappa shape index (κ1) is 14.6. The highest BCUT2D eigenvalue weighted by Gasteiger charge is 2.19. The topological polar surface area (TPSA) is 134 Å². The summed E-state index contributed by atoms with van der Waals surface area (Å²) in [6.07, 6.45) is 1.10. The molecule has 0 aliphatic rings. The van der Waals surface area contributed by atoms with Gasteiger partial charge in [-0.25, -0.2) is 14.2 Å². The molecule has 0 saturated carbocycles. The van der Waals surface area contributed by atoms with Gasteiger partial charge in [-0.1, -0.05) is 5.21 Å². The van der Waals surface area contributed by atoms with Gasteiger partial charge in [-0.05, 0) is 20.8 Å². The molecule has 0 bridgehead atoms. The van der Waals surface area contributed by atoms with E-state index >= 15 is 0 Å². The zero-order chi connectivity index (χ0) is 15.8. The van der Waals surface area contributed by atoms with Crippen LogP contribution in [0, 0.1) is 0 Å². The van der Waals surface area contributed by atoms with Gasteiger partial charge in [-0.15, -0.1) is 5.10 Å². The summed E-state index contributed by atoms with van der Waals surface area (Å²) in [5, 5.41) is 7.25. The van der Waals surface area contributed by atoms with Crippen LogP contribution in [0.4, 0.5) is 0 Å². The van der Waals surface area contributed by atoms with Crippen molar-refractivity contribution in [1.29, 1.82) is 0 Å². The van der Waals surface area contributed by atoms with Crippen LogP contribution in [-0.4, -0.2) is 41.9 Å². The first-order valence-electron chi connectivity index (χ1n) is 6.01. The van der Waals surface area contributed by atoms with Crippen molar-refractivity contribution in [2.45, 2.75) is 32.9 Å². The summed E-state index contributed by atoms with van der Waals surface area (Å²) < 4.78 is 6.88. The second-order valence-electron chi connectivity index (χ2n) is 5.27. The molecular formula is C11H14N6O4. The molecule has 0 atom stereocenters. The monoisotopic (exact) mass is 294 g/mol. The molecular weight excluding hydrogens is 280 g/mol. The average Bonchev–Trinajstić information content (AvgIpc) is 2.75. The van der Waals surface area contributed by atoms with Crippen LogP contribution < -0.4 is 11.4 Å². The molecule has 0 aromatic carbocycles. The molecule has 2 aromatic heterocycles. The maximum Gasteiger partial charge on any atom is 0.353 e. The van der Waals surface area contributed by atoms with Crippen LogP contribution in [0.25, 0.3) is 5.65 Å². The number of ether oxygens (including phenoxy) is 1. The number of carbonyl (C=O) groups is 2. The van der Waals surface area contributed by atoms with E-state index < -0.39 is 29.7 Å². The lowest BCUT2D eigenvalue weighted by Gasteiger charge is -2.19. The Morgan fingerprint density at radius 3 is 2.62 bits per heavy atom. The number of primary amides is 1. The Morgan fingerprint density at radius 2 is 2.05 bits per heavy atom. The number of imidazole rings is 1. The van der Waals surface area contributed by atoms with Gasteiger partial charge in [0.15, 0.2) is 11.3 Å². The first-order valence-corrected chi connectivity index (χ1v) is 6.01. The highest BCUT2D eigenvalue weighted by molar-refractivity contribution is 5.96. The molecule has 0 unspecified atom stereocenters. The van der Waals surface area contributed by atoms with Gasteiger partial charge >= 0.3 is 11.7 Å². The number of hydrogen-bond donors (Lipinski definition) is 1. The van der Waals surface area contributed by atoms with Gasteiger partial charge in [-0.2, -0.15) is 4.68 Å². The van der Waals surface area contributed by atoms with Crippen molar-refractivity contribution in [2.24, 2.45) is 5.73 Å².